The van der Waals surface area contributed by atoms with Crippen LogP contribution in [0.4, 0.5) is 0 Å². The fraction of sp³-hybridized carbons (Fsp3) is 1.00. The number of hydrogen-bond acceptors (Lipinski definition) is 4. The maximum Gasteiger partial charge on any atom is 0.104 e. The molecule has 3 aliphatic rings. The van der Waals surface area contributed by atoms with Crippen LogP contribution in [0.2, 0.25) is 0 Å². The summed E-state index contributed by atoms with van der Waals surface area (Å²) >= 11 is 0. The summed E-state index contributed by atoms with van der Waals surface area (Å²) in [4.78, 5) is 0. The second-order valence-electron chi connectivity index (χ2n) is 4.79. The van der Waals surface area contributed by atoms with Crippen molar-refractivity contribution in [2.24, 2.45) is 5.41 Å². The van der Waals surface area contributed by atoms with Crippen LogP contribution in [0.25, 0.3) is 0 Å². The zero-order valence-corrected chi connectivity index (χ0v) is 8.62. The lowest BCUT2D eigenvalue weighted by molar-refractivity contribution is -0.0594. The Morgan fingerprint density at radius 2 is 2.21 bits per heavy atom. The standard InChI is InChI=1S/C10H19NO3/c1-2-8(13)11-5-9-3-10(4-9,6-12)14-7-9/h8,11-13H,2-7H2,1H3. The average molecular weight is 201 g/mol. The molecule has 0 amide bonds. The molecule has 4 heteroatoms. The second-order valence-corrected chi connectivity index (χ2v) is 4.79. The number of hydrogen-bond donors (Lipinski definition) is 3. The SMILES string of the molecule is CCC(O)NCC12COC(CO)(C1)C2. The largest absolute Gasteiger partial charge is 0.393 e. The molecule has 1 aliphatic carbocycles. The van der Waals surface area contributed by atoms with E-state index in [4.69, 9.17) is 9.84 Å². The Labute approximate surface area is 84.3 Å². The molecule has 3 fully saturated rings. The minimum absolute atomic E-state index is 0.130. The lowest BCUT2D eigenvalue weighted by atomic mass is 9.63. The van der Waals surface area contributed by atoms with Gasteiger partial charge < -0.3 is 14.9 Å². The van der Waals surface area contributed by atoms with Gasteiger partial charge in [0.05, 0.1) is 18.8 Å². The molecule has 14 heavy (non-hydrogen) atoms. The number of nitrogens with one attached hydrogen (secondary N) is 1. The van der Waals surface area contributed by atoms with Crippen LogP contribution in [0.1, 0.15) is 26.2 Å². The Kier molecular flexibility index (Phi) is 2.55. The van der Waals surface area contributed by atoms with Crippen LogP contribution >= 0.6 is 0 Å². The molecule has 2 saturated heterocycles. The molecule has 0 radical (unpaired) electrons. The van der Waals surface area contributed by atoms with Crippen LogP contribution < -0.4 is 5.32 Å². The molecule has 2 aliphatic heterocycles. The van der Waals surface area contributed by atoms with Crippen LogP contribution in [-0.2, 0) is 4.74 Å². The molecule has 2 bridgehead atoms. The van der Waals surface area contributed by atoms with Crippen molar-refractivity contribution >= 4 is 0 Å². The maximum absolute atomic E-state index is 9.37. The maximum atomic E-state index is 9.37. The monoisotopic (exact) mass is 201 g/mol. The Morgan fingerprint density at radius 1 is 1.50 bits per heavy atom. The van der Waals surface area contributed by atoms with E-state index in [1.807, 2.05) is 6.92 Å². The zero-order chi connectivity index (χ0) is 10.2. The first-order valence-electron chi connectivity index (χ1n) is 5.30. The number of ether oxygens (including phenoxy) is 1. The van der Waals surface area contributed by atoms with E-state index in [2.05, 4.69) is 5.32 Å². The smallest absolute Gasteiger partial charge is 0.104 e. The summed E-state index contributed by atoms with van der Waals surface area (Å²) in [5, 5.41) is 21.6. The van der Waals surface area contributed by atoms with Crippen LogP contribution in [0.5, 0.6) is 0 Å². The molecule has 3 N–H and O–H groups in total. The van der Waals surface area contributed by atoms with Gasteiger partial charge in [0.2, 0.25) is 0 Å². The van der Waals surface area contributed by atoms with E-state index in [-0.39, 0.29) is 17.6 Å². The highest BCUT2D eigenvalue weighted by atomic mass is 16.5. The van der Waals surface area contributed by atoms with Gasteiger partial charge in [-0.05, 0) is 19.3 Å². The van der Waals surface area contributed by atoms with Gasteiger partial charge in [0.15, 0.2) is 0 Å². The third kappa shape index (κ3) is 1.56. The van der Waals surface area contributed by atoms with Gasteiger partial charge >= 0.3 is 0 Å². The average Bonchev–Trinajstić information content (AvgIpc) is 2.69. The predicted molar refractivity (Wildman–Crippen MR) is 51.7 cm³/mol. The lowest BCUT2D eigenvalue weighted by Crippen LogP contribution is -2.52. The summed E-state index contributed by atoms with van der Waals surface area (Å²) in [6, 6.07) is 0. The second kappa shape index (κ2) is 3.45. The number of fused-ring (bicyclic) bond motifs is 1. The number of rotatable bonds is 5. The third-order valence-corrected chi connectivity index (χ3v) is 3.47. The molecule has 2 heterocycles. The Morgan fingerprint density at radius 3 is 2.71 bits per heavy atom. The molecule has 0 spiro atoms. The lowest BCUT2D eigenvalue weighted by Gasteiger charge is -2.43. The molecular weight excluding hydrogens is 182 g/mol. The van der Waals surface area contributed by atoms with Gasteiger partial charge in [0.25, 0.3) is 0 Å². The van der Waals surface area contributed by atoms with Crippen molar-refractivity contribution in [1.82, 2.24) is 5.32 Å². The van der Waals surface area contributed by atoms with Gasteiger partial charge in [-0.1, -0.05) is 6.92 Å². The van der Waals surface area contributed by atoms with E-state index in [0.717, 1.165) is 32.4 Å². The first-order chi connectivity index (χ1) is 6.64. The van der Waals surface area contributed by atoms with E-state index in [9.17, 15) is 5.11 Å². The summed E-state index contributed by atoms with van der Waals surface area (Å²) in [5.41, 5.74) is -0.0578. The molecule has 0 aromatic heterocycles. The van der Waals surface area contributed by atoms with Gasteiger partial charge in [-0.3, -0.25) is 5.32 Å². The third-order valence-electron chi connectivity index (χ3n) is 3.47. The topological polar surface area (TPSA) is 61.7 Å². The van der Waals surface area contributed by atoms with Crippen molar-refractivity contribution < 1.29 is 14.9 Å². The first-order valence-corrected chi connectivity index (χ1v) is 5.30. The highest BCUT2D eigenvalue weighted by Gasteiger charge is 2.61. The van der Waals surface area contributed by atoms with Crippen LogP contribution in [0.15, 0.2) is 0 Å². The van der Waals surface area contributed by atoms with Crippen molar-refractivity contribution in [2.45, 2.75) is 38.0 Å². The van der Waals surface area contributed by atoms with Crippen molar-refractivity contribution in [3.05, 3.63) is 0 Å². The summed E-state index contributed by atoms with van der Waals surface area (Å²) in [6.45, 7) is 3.59. The number of aliphatic hydroxyl groups excluding tert-OH is 2. The predicted octanol–water partition coefficient (Wildman–Crippen LogP) is -0.154. The van der Waals surface area contributed by atoms with E-state index >= 15 is 0 Å². The summed E-state index contributed by atoms with van der Waals surface area (Å²) in [7, 11) is 0. The minimum atomic E-state index is -0.408. The molecule has 1 atom stereocenters. The van der Waals surface area contributed by atoms with E-state index in [1.54, 1.807) is 0 Å². The first kappa shape index (κ1) is 10.4. The number of aliphatic hydroxyl groups is 2. The van der Waals surface area contributed by atoms with Gasteiger partial charge in [-0.2, -0.15) is 0 Å². The molecule has 3 rings (SSSR count). The van der Waals surface area contributed by atoms with Crippen LogP contribution in [0.3, 0.4) is 0 Å². The molecule has 1 unspecified atom stereocenters. The van der Waals surface area contributed by atoms with E-state index < -0.39 is 6.23 Å². The fourth-order valence-corrected chi connectivity index (χ4v) is 2.64. The van der Waals surface area contributed by atoms with Crippen molar-refractivity contribution in [3.63, 3.8) is 0 Å². The minimum Gasteiger partial charge on any atom is -0.393 e. The van der Waals surface area contributed by atoms with Gasteiger partial charge in [0, 0.05) is 12.0 Å². The van der Waals surface area contributed by atoms with Crippen LogP contribution in [0, 0.1) is 5.41 Å². The van der Waals surface area contributed by atoms with E-state index in [1.165, 1.54) is 0 Å². The summed E-state index contributed by atoms with van der Waals surface area (Å²) < 4.78 is 5.56. The quantitative estimate of drug-likeness (QED) is 0.541. The van der Waals surface area contributed by atoms with E-state index in [0.29, 0.717) is 0 Å². The molecule has 4 nitrogen and oxygen atoms in total. The normalized spacial score (nSPS) is 42.2. The molecule has 0 aromatic rings. The fourth-order valence-electron chi connectivity index (χ4n) is 2.64. The summed E-state index contributed by atoms with van der Waals surface area (Å²) in [5.74, 6) is 0. The highest BCUT2D eigenvalue weighted by Crippen LogP contribution is 2.57. The van der Waals surface area contributed by atoms with Gasteiger partial charge in [-0.15, -0.1) is 0 Å². The van der Waals surface area contributed by atoms with Gasteiger partial charge in [-0.25, -0.2) is 0 Å². The van der Waals surface area contributed by atoms with Crippen molar-refractivity contribution in [2.75, 3.05) is 19.8 Å². The summed E-state index contributed by atoms with van der Waals surface area (Å²) in [6.07, 6.45) is 2.18. The Balaban J connectivity index is 1.79. The molecular formula is C10H19NO3. The molecule has 0 aromatic carbocycles. The zero-order valence-electron chi connectivity index (χ0n) is 8.62. The molecule has 82 valence electrons. The Bertz CT molecular complexity index is 213. The Hall–Kier alpha value is -0.160. The highest BCUT2D eigenvalue weighted by molar-refractivity contribution is 5.11. The van der Waals surface area contributed by atoms with Crippen LogP contribution in [-0.4, -0.2) is 41.8 Å². The van der Waals surface area contributed by atoms with Crippen molar-refractivity contribution in [3.8, 4) is 0 Å². The van der Waals surface area contributed by atoms with Crippen molar-refractivity contribution in [1.29, 1.82) is 0 Å². The van der Waals surface area contributed by atoms with Gasteiger partial charge in [0.1, 0.15) is 6.23 Å². The molecule has 1 saturated carbocycles.